The van der Waals surface area contributed by atoms with Gasteiger partial charge in [0, 0.05) is 32.2 Å². The van der Waals surface area contributed by atoms with Gasteiger partial charge < -0.3 is 10.1 Å². The molecule has 1 fully saturated rings. The zero-order valence-electron chi connectivity index (χ0n) is 10.5. The smallest absolute Gasteiger partial charge is 0.118 e. The first-order chi connectivity index (χ1) is 7.79. The molecular formula is C13H21ClN2O. The van der Waals surface area contributed by atoms with Gasteiger partial charge in [0.05, 0.1) is 7.11 Å². The van der Waals surface area contributed by atoms with Crippen molar-refractivity contribution in [2.45, 2.75) is 19.5 Å². The second kappa shape index (κ2) is 6.84. The lowest BCUT2D eigenvalue weighted by atomic mass is 10.1. The molecule has 1 aliphatic heterocycles. The van der Waals surface area contributed by atoms with Crippen molar-refractivity contribution in [1.29, 1.82) is 0 Å². The third-order valence-electron chi connectivity index (χ3n) is 3.18. The first-order valence-corrected chi connectivity index (χ1v) is 5.87. The van der Waals surface area contributed by atoms with Crippen LogP contribution in [0.3, 0.4) is 0 Å². The molecule has 0 radical (unpaired) electrons. The molecule has 1 atom stereocenters. The molecule has 1 N–H and O–H groups in total. The lowest BCUT2D eigenvalue weighted by Gasteiger charge is -2.33. The van der Waals surface area contributed by atoms with Crippen LogP contribution >= 0.6 is 12.4 Å². The van der Waals surface area contributed by atoms with E-state index in [0.29, 0.717) is 6.04 Å². The van der Waals surface area contributed by atoms with Gasteiger partial charge in [0.25, 0.3) is 0 Å². The molecule has 3 nitrogen and oxygen atoms in total. The van der Waals surface area contributed by atoms with Crippen molar-refractivity contribution in [3.8, 4) is 5.75 Å². The van der Waals surface area contributed by atoms with Gasteiger partial charge in [-0.15, -0.1) is 12.4 Å². The number of hydrogen-bond donors (Lipinski definition) is 1. The van der Waals surface area contributed by atoms with Crippen molar-refractivity contribution < 1.29 is 4.74 Å². The van der Waals surface area contributed by atoms with Gasteiger partial charge in [-0.2, -0.15) is 0 Å². The van der Waals surface area contributed by atoms with Crippen LogP contribution in [-0.2, 0) is 6.54 Å². The lowest BCUT2D eigenvalue weighted by molar-refractivity contribution is 0.165. The topological polar surface area (TPSA) is 24.5 Å². The van der Waals surface area contributed by atoms with Crippen molar-refractivity contribution in [2.75, 3.05) is 26.7 Å². The maximum absolute atomic E-state index is 5.16. The number of piperazine rings is 1. The van der Waals surface area contributed by atoms with E-state index in [1.54, 1.807) is 7.11 Å². The number of hydrogen-bond acceptors (Lipinski definition) is 3. The Morgan fingerprint density at radius 1 is 1.35 bits per heavy atom. The standard InChI is InChI=1S/C13H20N2O.ClH/c1-11-9-14-7-8-15(11)10-12-3-5-13(16-2)6-4-12;/h3-6,11,14H,7-10H2,1-2H3;1H/t11-;/m1./s1. The van der Waals surface area contributed by atoms with Crippen LogP contribution in [0.25, 0.3) is 0 Å². The molecule has 0 saturated carbocycles. The maximum atomic E-state index is 5.16. The highest BCUT2D eigenvalue weighted by Crippen LogP contribution is 2.14. The summed E-state index contributed by atoms with van der Waals surface area (Å²) in [4.78, 5) is 2.51. The zero-order valence-corrected chi connectivity index (χ0v) is 11.3. The molecular weight excluding hydrogens is 236 g/mol. The van der Waals surface area contributed by atoms with E-state index in [4.69, 9.17) is 4.74 Å². The number of nitrogens with one attached hydrogen (secondary N) is 1. The number of benzene rings is 1. The minimum absolute atomic E-state index is 0. The minimum Gasteiger partial charge on any atom is -0.497 e. The first kappa shape index (κ1) is 14.3. The Balaban J connectivity index is 0.00000144. The van der Waals surface area contributed by atoms with Gasteiger partial charge in [-0.1, -0.05) is 12.1 Å². The molecule has 1 aromatic carbocycles. The largest absolute Gasteiger partial charge is 0.497 e. The normalized spacial score (nSPS) is 20.7. The molecule has 17 heavy (non-hydrogen) atoms. The van der Waals surface area contributed by atoms with Crippen molar-refractivity contribution in [1.82, 2.24) is 10.2 Å². The number of rotatable bonds is 3. The predicted molar refractivity (Wildman–Crippen MR) is 73.0 cm³/mol. The summed E-state index contributed by atoms with van der Waals surface area (Å²) in [5.41, 5.74) is 1.36. The average molecular weight is 257 g/mol. The molecule has 1 aliphatic rings. The van der Waals surface area contributed by atoms with Gasteiger partial charge >= 0.3 is 0 Å². The minimum atomic E-state index is 0. The van der Waals surface area contributed by atoms with Crippen LogP contribution < -0.4 is 10.1 Å². The third-order valence-corrected chi connectivity index (χ3v) is 3.18. The summed E-state index contributed by atoms with van der Waals surface area (Å²) in [5.74, 6) is 0.928. The Morgan fingerprint density at radius 3 is 2.65 bits per heavy atom. The molecule has 0 spiro atoms. The van der Waals surface area contributed by atoms with E-state index in [1.165, 1.54) is 5.56 Å². The van der Waals surface area contributed by atoms with E-state index in [1.807, 2.05) is 12.1 Å². The van der Waals surface area contributed by atoms with Crippen LogP contribution in [0.4, 0.5) is 0 Å². The van der Waals surface area contributed by atoms with E-state index < -0.39 is 0 Å². The van der Waals surface area contributed by atoms with Crippen molar-refractivity contribution in [3.63, 3.8) is 0 Å². The van der Waals surface area contributed by atoms with E-state index >= 15 is 0 Å². The fraction of sp³-hybridized carbons (Fsp3) is 0.538. The van der Waals surface area contributed by atoms with Crippen LogP contribution in [0.2, 0.25) is 0 Å². The molecule has 4 heteroatoms. The highest BCUT2D eigenvalue weighted by atomic mass is 35.5. The molecule has 96 valence electrons. The molecule has 1 aromatic rings. The number of nitrogens with zero attached hydrogens (tertiary/aromatic N) is 1. The van der Waals surface area contributed by atoms with Gasteiger partial charge in [0.2, 0.25) is 0 Å². The Bertz CT molecular complexity index is 329. The number of ether oxygens (including phenoxy) is 1. The van der Waals surface area contributed by atoms with Crippen molar-refractivity contribution >= 4 is 12.4 Å². The number of methoxy groups -OCH3 is 1. The predicted octanol–water partition coefficient (Wildman–Crippen LogP) is 1.91. The van der Waals surface area contributed by atoms with Gasteiger partial charge in [-0.05, 0) is 24.6 Å². The van der Waals surface area contributed by atoms with Crippen molar-refractivity contribution in [3.05, 3.63) is 29.8 Å². The summed E-state index contributed by atoms with van der Waals surface area (Å²) in [6, 6.07) is 8.97. The molecule has 0 bridgehead atoms. The fourth-order valence-electron chi connectivity index (χ4n) is 2.08. The summed E-state index contributed by atoms with van der Waals surface area (Å²) in [5, 5.41) is 3.41. The Labute approximate surface area is 110 Å². The maximum Gasteiger partial charge on any atom is 0.118 e. The molecule has 0 aromatic heterocycles. The van der Waals surface area contributed by atoms with Crippen LogP contribution in [0.5, 0.6) is 5.75 Å². The fourth-order valence-corrected chi connectivity index (χ4v) is 2.08. The van der Waals surface area contributed by atoms with E-state index in [9.17, 15) is 0 Å². The Hall–Kier alpha value is -0.770. The molecule has 0 aliphatic carbocycles. The van der Waals surface area contributed by atoms with Gasteiger partial charge in [-0.3, -0.25) is 4.90 Å². The van der Waals surface area contributed by atoms with Crippen LogP contribution in [-0.4, -0.2) is 37.7 Å². The SMILES string of the molecule is COc1ccc(CN2CCNC[C@H]2C)cc1.Cl. The second-order valence-corrected chi connectivity index (χ2v) is 4.37. The van der Waals surface area contributed by atoms with E-state index in [0.717, 1.165) is 31.9 Å². The van der Waals surface area contributed by atoms with Crippen LogP contribution in [0, 0.1) is 0 Å². The van der Waals surface area contributed by atoms with Crippen LogP contribution in [0.1, 0.15) is 12.5 Å². The summed E-state index contributed by atoms with van der Waals surface area (Å²) in [6.45, 7) is 6.63. The molecule has 0 amide bonds. The van der Waals surface area contributed by atoms with Gasteiger partial charge in [-0.25, -0.2) is 0 Å². The molecule has 1 saturated heterocycles. The monoisotopic (exact) mass is 256 g/mol. The zero-order chi connectivity index (χ0) is 11.4. The lowest BCUT2D eigenvalue weighted by Crippen LogP contribution is -2.49. The highest BCUT2D eigenvalue weighted by Gasteiger charge is 2.17. The molecule has 1 heterocycles. The highest BCUT2D eigenvalue weighted by molar-refractivity contribution is 5.85. The molecule has 2 rings (SSSR count). The second-order valence-electron chi connectivity index (χ2n) is 4.37. The van der Waals surface area contributed by atoms with Gasteiger partial charge in [0.15, 0.2) is 0 Å². The van der Waals surface area contributed by atoms with Crippen molar-refractivity contribution in [2.24, 2.45) is 0 Å². The summed E-state index contributed by atoms with van der Waals surface area (Å²) in [7, 11) is 1.70. The summed E-state index contributed by atoms with van der Waals surface area (Å²) >= 11 is 0. The Morgan fingerprint density at radius 2 is 2.06 bits per heavy atom. The van der Waals surface area contributed by atoms with Gasteiger partial charge in [0.1, 0.15) is 5.75 Å². The Kier molecular flexibility index (Phi) is 5.75. The van der Waals surface area contributed by atoms with E-state index in [-0.39, 0.29) is 12.4 Å². The third kappa shape index (κ3) is 3.87. The first-order valence-electron chi connectivity index (χ1n) is 5.87. The van der Waals surface area contributed by atoms with E-state index in [2.05, 4.69) is 29.3 Å². The quantitative estimate of drug-likeness (QED) is 0.894. The van der Waals surface area contributed by atoms with Crippen LogP contribution in [0.15, 0.2) is 24.3 Å². The number of halogens is 1. The average Bonchev–Trinajstić information content (AvgIpc) is 2.33. The summed E-state index contributed by atoms with van der Waals surface area (Å²) in [6.07, 6.45) is 0. The molecule has 0 unspecified atom stereocenters. The summed E-state index contributed by atoms with van der Waals surface area (Å²) < 4.78 is 5.16.